The summed E-state index contributed by atoms with van der Waals surface area (Å²) in [5.74, 6) is 0. The van der Waals surface area contributed by atoms with E-state index in [1.807, 2.05) is 13.1 Å². The Labute approximate surface area is 71.9 Å². The van der Waals surface area contributed by atoms with Crippen LogP contribution < -0.4 is 0 Å². The molecule has 0 atom stereocenters. The molecule has 0 amide bonds. The molecule has 0 saturated heterocycles. The van der Waals surface area contributed by atoms with Gasteiger partial charge < -0.3 is 4.57 Å². The minimum atomic E-state index is 1.19. The van der Waals surface area contributed by atoms with E-state index >= 15 is 0 Å². The Morgan fingerprint density at radius 1 is 1.33 bits per heavy atom. The Kier molecular flexibility index (Phi) is 1.51. The van der Waals surface area contributed by atoms with Crippen molar-refractivity contribution in [2.45, 2.75) is 0 Å². The molecular weight excluding hydrogens is 146 g/mol. The highest BCUT2D eigenvalue weighted by Gasteiger charge is 2.00. The second-order valence-electron chi connectivity index (χ2n) is 2.92. The van der Waals surface area contributed by atoms with Crippen molar-refractivity contribution in [3.05, 3.63) is 42.7 Å². The van der Waals surface area contributed by atoms with E-state index in [2.05, 4.69) is 41.6 Å². The molecule has 2 rings (SSSR count). The van der Waals surface area contributed by atoms with Crippen LogP contribution in [0.4, 0.5) is 0 Å². The fraction of sp³-hybridized carbons (Fsp3) is 0.0909. The summed E-state index contributed by atoms with van der Waals surface area (Å²) >= 11 is 0. The summed E-state index contributed by atoms with van der Waals surface area (Å²) in [5.41, 5.74) is 1.19. The Bertz CT molecular complexity index is 423. The van der Waals surface area contributed by atoms with Gasteiger partial charge in [-0.05, 0) is 11.5 Å². The molecule has 1 heteroatoms. The van der Waals surface area contributed by atoms with Gasteiger partial charge in [-0.25, -0.2) is 0 Å². The lowest BCUT2D eigenvalue weighted by atomic mass is 10.2. The number of hydrogen-bond donors (Lipinski definition) is 0. The van der Waals surface area contributed by atoms with Gasteiger partial charge in [-0.15, -0.1) is 0 Å². The number of fused-ring (bicyclic) bond motifs is 1. The third-order valence-corrected chi connectivity index (χ3v) is 2.14. The van der Waals surface area contributed by atoms with Gasteiger partial charge in [0.15, 0.2) is 0 Å². The summed E-state index contributed by atoms with van der Waals surface area (Å²) in [6.45, 7) is 3.79. The molecular formula is C11H11N. The molecule has 0 fully saturated rings. The summed E-state index contributed by atoms with van der Waals surface area (Å²) in [5, 5.41) is 2.55. The molecule has 2 aromatic rings. The zero-order chi connectivity index (χ0) is 8.55. The zero-order valence-corrected chi connectivity index (χ0v) is 7.12. The fourth-order valence-corrected chi connectivity index (χ4v) is 1.56. The average molecular weight is 157 g/mol. The number of rotatable bonds is 1. The van der Waals surface area contributed by atoms with Crippen LogP contribution in [0.1, 0.15) is 5.69 Å². The smallest absolute Gasteiger partial charge is 0.0477 e. The van der Waals surface area contributed by atoms with E-state index in [4.69, 9.17) is 0 Å². The molecule has 12 heavy (non-hydrogen) atoms. The lowest BCUT2D eigenvalue weighted by molar-refractivity contribution is 0.921. The second kappa shape index (κ2) is 2.52. The van der Waals surface area contributed by atoms with E-state index in [9.17, 15) is 0 Å². The number of aryl methyl sites for hydroxylation is 1. The normalized spacial score (nSPS) is 10.4. The maximum Gasteiger partial charge on any atom is 0.0477 e. The van der Waals surface area contributed by atoms with Crippen LogP contribution in [0.3, 0.4) is 0 Å². The Morgan fingerprint density at radius 3 is 2.83 bits per heavy atom. The maximum absolute atomic E-state index is 3.79. The third kappa shape index (κ3) is 0.866. The number of hydrogen-bond acceptors (Lipinski definition) is 0. The van der Waals surface area contributed by atoms with Crippen molar-refractivity contribution in [1.82, 2.24) is 4.57 Å². The molecule has 1 aromatic carbocycles. The number of benzene rings is 1. The summed E-state index contributed by atoms with van der Waals surface area (Å²) in [7, 11) is 2.04. The molecule has 60 valence electrons. The minimum Gasteiger partial charge on any atom is -0.350 e. The van der Waals surface area contributed by atoms with Crippen LogP contribution in [0.25, 0.3) is 16.8 Å². The van der Waals surface area contributed by atoms with Gasteiger partial charge in [0, 0.05) is 24.3 Å². The van der Waals surface area contributed by atoms with E-state index in [1.165, 1.54) is 16.5 Å². The lowest BCUT2D eigenvalue weighted by Crippen LogP contribution is -1.86. The zero-order valence-electron chi connectivity index (χ0n) is 7.12. The molecule has 0 saturated carbocycles. The SMILES string of the molecule is C=Cc1c2ccccc2cn1C. The molecule has 0 aliphatic rings. The molecule has 0 aliphatic carbocycles. The molecule has 0 spiro atoms. The molecule has 0 aliphatic heterocycles. The predicted octanol–water partition coefficient (Wildman–Crippen LogP) is 2.82. The first-order valence-corrected chi connectivity index (χ1v) is 3.99. The maximum atomic E-state index is 3.79. The van der Waals surface area contributed by atoms with Gasteiger partial charge in [-0.3, -0.25) is 0 Å². The van der Waals surface area contributed by atoms with Gasteiger partial charge >= 0.3 is 0 Å². The lowest BCUT2D eigenvalue weighted by Gasteiger charge is -1.94. The van der Waals surface area contributed by atoms with Crippen molar-refractivity contribution in [3.8, 4) is 0 Å². The second-order valence-corrected chi connectivity index (χ2v) is 2.92. The monoisotopic (exact) mass is 157 g/mol. The van der Waals surface area contributed by atoms with E-state index in [-0.39, 0.29) is 0 Å². The van der Waals surface area contributed by atoms with Gasteiger partial charge in [0.1, 0.15) is 0 Å². The minimum absolute atomic E-state index is 1.19. The average Bonchev–Trinajstić information content (AvgIpc) is 2.40. The van der Waals surface area contributed by atoms with Crippen LogP contribution in [0.2, 0.25) is 0 Å². The van der Waals surface area contributed by atoms with Crippen molar-refractivity contribution in [2.24, 2.45) is 7.05 Å². The van der Waals surface area contributed by atoms with Crippen molar-refractivity contribution in [1.29, 1.82) is 0 Å². The van der Waals surface area contributed by atoms with Gasteiger partial charge in [0.25, 0.3) is 0 Å². The summed E-state index contributed by atoms with van der Waals surface area (Å²) in [6.07, 6.45) is 4.01. The van der Waals surface area contributed by atoms with Gasteiger partial charge in [-0.2, -0.15) is 0 Å². The van der Waals surface area contributed by atoms with Crippen molar-refractivity contribution in [3.63, 3.8) is 0 Å². The van der Waals surface area contributed by atoms with Crippen molar-refractivity contribution in [2.75, 3.05) is 0 Å². The summed E-state index contributed by atoms with van der Waals surface area (Å²) < 4.78 is 2.09. The van der Waals surface area contributed by atoms with Gasteiger partial charge in [0.05, 0.1) is 0 Å². The highest BCUT2D eigenvalue weighted by Crippen LogP contribution is 2.20. The van der Waals surface area contributed by atoms with E-state index < -0.39 is 0 Å². The number of nitrogens with zero attached hydrogens (tertiary/aromatic N) is 1. The first-order chi connectivity index (χ1) is 5.83. The molecule has 0 unspecified atom stereocenters. The van der Waals surface area contributed by atoms with E-state index in [1.54, 1.807) is 0 Å². The Hall–Kier alpha value is -1.50. The molecule has 0 N–H and O–H groups in total. The summed E-state index contributed by atoms with van der Waals surface area (Å²) in [6, 6.07) is 8.33. The first-order valence-electron chi connectivity index (χ1n) is 3.99. The van der Waals surface area contributed by atoms with Crippen LogP contribution in [0, 0.1) is 0 Å². The topological polar surface area (TPSA) is 4.93 Å². The molecule has 0 radical (unpaired) electrons. The van der Waals surface area contributed by atoms with Crippen LogP contribution in [-0.4, -0.2) is 4.57 Å². The Balaban J connectivity index is 2.90. The summed E-state index contributed by atoms with van der Waals surface area (Å²) in [4.78, 5) is 0. The molecule has 1 heterocycles. The van der Waals surface area contributed by atoms with Crippen LogP contribution in [-0.2, 0) is 7.05 Å². The first kappa shape index (κ1) is 7.17. The molecule has 0 bridgehead atoms. The van der Waals surface area contributed by atoms with Crippen LogP contribution >= 0.6 is 0 Å². The third-order valence-electron chi connectivity index (χ3n) is 2.14. The standard InChI is InChI=1S/C11H11N/c1-3-11-10-7-5-4-6-9(10)8-12(11)2/h3-8H,1H2,2H3. The van der Waals surface area contributed by atoms with Crippen molar-refractivity contribution >= 4 is 16.8 Å². The highest BCUT2D eigenvalue weighted by molar-refractivity contribution is 5.89. The largest absolute Gasteiger partial charge is 0.350 e. The predicted molar refractivity (Wildman–Crippen MR) is 53.0 cm³/mol. The van der Waals surface area contributed by atoms with Gasteiger partial charge in [-0.1, -0.05) is 30.8 Å². The Morgan fingerprint density at radius 2 is 2.08 bits per heavy atom. The number of aromatic nitrogens is 1. The highest BCUT2D eigenvalue weighted by atomic mass is 14.9. The van der Waals surface area contributed by atoms with E-state index in [0.717, 1.165) is 0 Å². The van der Waals surface area contributed by atoms with Gasteiger partial charge in [0.2, 0.25) is 0 Å². The van der Waals surface area contributed by atoms with Crippen LogP contribution in [0.5, 0.6) is 0 Å². The van der Waals surface area contributed by atoms with Crippen molar-refractivity contribution < 1.29 is 0 Å². The molecule has 1 nitrogen and oxygen atoms in total. The molecule has 1 aromatic heterocycles. The quantitative estimate of drug-likeness (QED) is 0.600. The fourth-order valence-electron chi connectivity index (χ4n) is 1.56. The van der Waals surface area contributed by atoms with Crippen LogP contribution in [0.15, 0.2) is 37.0 Å². The van der Waals surface area contributed by atoms with E-state index in [0.29, 0.717) is 0 Å².